The molecule has 0 bridgehead atoms. The van der Waals surface area contributed by atoms with Gasteiger partial charge in [-0.2, -0.15) is 0 Å². The van der Waals surface area contributed by atoms with Crippen molar-refractivity contribution in [3.8, 4) is 5.75 Å². The number of hydrogen-bond acceptors (Lipinski definition) is 6. The van der Waals surface area contributed by atoms with Crippen LogP contribution in [0.4, 0.5) is 4.39 Å². The van der Waals surface area contributed by atoms with E-state index in [1.165, 1.54) is 12.1 Å². The SMILES string of the molecule is Cc1cc(C)nc(SCC(=O)NCC(Oc2ccc(F)cc2)C(=O)O)n1. The average molecular weight is 379 g/mol. The second-order valence-electron chi connectivity index (χ2n) is 5.42. The van der Waals surface area contributed by atoms with E-state index < -0.39 is 17.9 Å². The van der Waals surface area contributed by atoms with Crippen LogP contribution in [-0.4, -0.2) is 45.4 Å². The molecule has 1 aromatic heterocycles. The largest absolute Gasteiger partial charge is 0.478 e. The number of carbonyl (C=O) groups is 2. The Balaban J connectivity index is 1.84. The summed E-state index contributed by atoms with van der Waals surface area (Å²) in [6, 6.07) is 6.79. The molecule has 2 N–H and O–H groups in total. The minimum Gasteiger partial charge on any atom is -0.478 e. The van der Waals surface area contributed by atoms with Gasteiger partial charge in [-0.05, 0) is 44.2 Å². The molecule has 138 valence electrons. The zero-order chi connectivity index (χ0) is 19.1. The summed E-state index contributed by atoms with van der Waals surface area (Å²) in [5.74, 6) is -1.81. The van der Waals surface area contributed by atoms with E-state index in [1.807, 2.05) is 19.9 Å². The molecule has 0 aliphatic heterocycles. The van der Waals surface area contributed by atoms with E-state index in [1.54, 1.807) is 0 Å². The molecule has 2 rings (SSSR count). The predicted octanol–water partition coefficient (Wildman–Crippen LogP) is 1.97. The maximum absolute atomic E-state index is 12.9. The summed E-state index contributed by atoms with van der Waals surface area (Å²) in [5, 5.41) is 12.2. The minimum atomic E-state index is -1.29. The number of nitrogens with one attached hydrogen (secondary N) is 1. The monoisotopic (exact) mass is 379 g/mol. The van der Waals surface area contributed by atoms with Crippen LogP contribution >= 0.6 is 11.8 Å². The Bertz CT molecular complexity index is 766. The summed E-state index contributed by atoms with van der Waals surface area (Å²) in [6.45, 7) is 3.45. The van der Waals surface area contributed by atoms with E-state index in [0.717, 1.165) is 35.3 Å². The van der Waals surface area contributed by atoms with Crippen molar-refractivity contribution >= 4 is 23.6 Å². The number of hydrogen-bond donors (Lipinski definition) is 2. The third-order valence-electron chi connectivity index (χ3n) is 3.15. The molecule has 1 aromatic carbocycles. The van der Waals surface area contributed by atoms with Gasteiger partial charge in [-0.15, -0.1) is 0 Å². The number of aliphatic carboxylic acids is 1. The first kappa shape index (κ1) is 19.6. The summed E-state index contributed by atoms with van der Waals surface area (Å²) >= 11 is 1.16. The molecular weight excluding hydrogens is 361 g/mol. The number of benzene rings is 1. The maximum Gasteiger partial charge on any atom is 0.346 e. The zero-order valence-corrected chi connectivity index (χ0v) is 15.0. The lowest BCUT2D eigenvalue weighted by molar-refractivity contribution is -0.145. The quantitative estimate of drug-likeness (QED) is 0.534. The molecule has 0 aliphatic carbocycles. The predicted molar refractivity (Wildman–Crippen MR) is 93.7 cm³/mol. The van der Waals surface area contributed by atoms with Crippen LogP contribution in [0.5, 0.6) is 5.75 Å². The molecular formula is C17H18FN3O4S. The lowest BCUT2D eigenvalue weighted by Gasteiger charge is -2.15. The first-order chi connectivity index (χ1) is 12.3. The molecule has 1 amide bonds. The zero-order valence-electron chi connectivity index (χ0n) is 14.2. The highest BCUT2D eigenvalue weighted by molar-refractivity contribution is 7.99. The Labute approximate surface area is 154 Å². The molecule has 1 atom stereocenters. The Morgan fingerprint density at radius 1 is 1.23 bits per heavy atom. The number of thioether (sulfide) groups is 1. The second kappa shape index (κ2) is 9.14. The summed E-state index contributed by atoms with van der Waals surface area (Å²) in [7, 11) is 0. The van der Waals surface area contributed by atoms with Gasteiger partial charge in [0, 0.05) is 11.4 Å². The topological polar surface area (TPSA) is 101 Å². The van der Waals surface area contributed by atoms with Crippen molar-refractivity contribution in [2.24, 2.45) is 0 Å². The van der Waals surface area contributed by atoms with Gasteiger partial charge in [0.2, 0.25) is 12.0 Å². The van der Waals surface area contributed by atoms with Crippen molar-refractivity contribution in [1.29, 1.82) is 0 Å². The number of nitrogens with zero attached hydrogens (tertiary/aromatic N) is 2. The van der Waals surface area contributed by atoms with Gasteiger partial charge in [0.15, 0.2) is 5.16 Å². The van der Waals surface area contributed by atoms with Crippen LogP contribution < -0.4 is 10.1 Å². The number of carbonyl (C=O) groups excluding carboxylic acids is 1. The van der Waals surface area contributed by atoms with E-state index in [-0.39, 0.29) is 24.0 Å². The highest BCUT2D eigenvalue weighted by Gasteiger charge is 2.20. The first-order valence-corrected chi connectivity index (χ1v) is 8.69. The van der Waals surface area contributed by atoms with E-state index in [2.05, 4.69) is 15.3 Å². The van der Waals surface area contributed by atoms with E-state index in [4.69, 9.17) is 4.74 Å². The van der Waals surface area contributed by atoms with Crippen LogP contribution in [0.3, 0.4) is 0 Å². The Hall–Kier alpha value is -2.68. The number of rotatable bonds is 8. The van der Waals surface area contributed by atoms with Crippen molar-refractivity contribution in [3.63, 3.8) is 0 Å². The Morgan fingerprint density at radius 2 is 1.85 bits per heavy atom. The highest BCUT2D eigenvalue weighted by Crippen LogP contribution is 2.14. The van der Waals surface area contributed by atoms with E-state index in [0.29, 0.717) is 5.16 Å². The third kappa shape index (κ3) is 6.32. The average Bonchev–Trinajstić information content (AvgIpc) is 2.57. The summed E-state index contributed by atoms with van der Waals surface area (Å²) in [4.78, 5) is 31.6. The van der Waals surface area contributed by atoms with Crippen LogP contribution in [-0.2, 0) is 9.59 Å². The molecule has 7 nitrogen and oxygen atoms in total. The van der Waals surface area contributed by atoms with Crippen LogP contribution in [0.25, 0.3) is 0 Å². The lowest BCUT2D eigenvalue weighted by atomic mass is 10.3. The molecule has 9 heteroatoms. The van der Waals surface area contributed by atoms with Gasteiger partial charge in [0.25, 0.3) is 0 Å². The van der Waals surface area contributed by atoms with Crippen molar-refractivity contribution in [2.45, 2.75) is 25.1 Å². The van der Waals surface area contributed by atoms with Crippen LogP contribution in [0.1, 0.15) is 11.4 Å². The number of halogens is 1. The lowest BCUT2D eigenvalue weighted by Crippen LogP contribution is -2.41. The molecule has 1 heterocycles. The smallest absolute Gasteiger partial charge is 0.346 e. The van der Waals surface area contributed by atoms with Crippen LogP contribution in [0.15, 0.2) is 35.5 Å². The van der Waals surface area contributed by atoms with Gasteiger partial charge in [-0.3, -0.25) is 4.79 Å². The Morgan fingerprint density at radius 3 is 2.42 bits per heavy atom. The molecule has 0 aliphatic rings. The van der Waals surface area contributed by atoms with Gasteiger partial charge in [-0.25, -0.2) is 19.2 Å². The summed E-state index contributed by atoms with van der Waals surface area (Å²) in [5.41, 5.74) is 1.61. The molecule has 0 saturated heterocycles. The molecule has 0 radical (unpaired) electrons. The molecule has 2 aromatic rings. The third-order valence-corrected chi connectivity index (χ3v) is 3.99. The number of aryl methyl sites for hydroxylation is 2. The fourth-order valence-electron chi connectivity index (χ4n) is 2.00. The van der Waals surface area contributed by atoms with Crippen molar-refractivity contribution in [1.82, 2.24) is 15.3 Å². The van der Waals surface area contributed by atoms with Crippen LogP contribution in [0.2, 0.25) is 0 Å². The summed E-state index contributed by atoms with van der Waals surface area (Å²) < 4.78 is 18.1. The number of aromatic nitrogens is 2. The number of carboxylic acid groups (broad SMARTS) is 1. The molecule has 0 fully saturated rings. The second-order valence-corrected chi connectivity index (χ2v) is 6.37. The van der Waals surface area contributed by atoms with Gasteiger partial charge >= 0.3 is 5.97 Å². The molecule has 1 unspecified atom stereocenters. The van der Waals surface area contributed by atoms with Crippen LogP contribution in [0, 0.1) is 19.7 Å². The minimum absolute atomic E-state index is 0.0474. The standard InChI is InChI=1S/C17H18FN3O4S/c1-10-7-11(2)21-17(20-10)26-9-15(22)19-8-14(16(23)24)25-13-5-3-12(18)4-6-13/h3-7,14H,8-9H2,1-2H3,(H,19,22)(H,23,24). The van der Waals surface area contributed by atoms with Crippen molar-refractivity contribution in [2.75, 3.05) is 12.3 Å². The fourth-order valence-corrected chi connectivity index (χ4v) is 2.78. The van der Waals surface area contributed by atoms with Crippen molar-refractivity contribution < 1.29 is 23.8 Å². The fraction of sp³-hybridized carbons (Fsp3) is 0.294. The molecule has 0 spiro atoms. The number of amides is 1. The molecule has 0 saturated carbocycles. The van der Waals surface area contributed by atoms with E-state index in [9.17, 15) is 19.1 Å². The van der Waals surface area contributed by atoms with E-state index >= 15 is 0 Å². The summed E-state index contributed by atoms with van der Waals surface area (Å²) in [6.07, 6.45) is -1.29. The van der Waals surface area contributed by atoms with Gasteiger partial charge in [-0.1, -0.05) is 11.8 Å². The molecule has 26 heavy (non-hydrogen) atoms. The Kier molecular flexibility index (Phi) is 6.90. The normalized spacial score (nSPS) is 11.7. The number of ether oxygens (including phenoxy) is 1. The van der Waals surface area contributed by atoms with Crippen molar-refractivity contribution in [3.05, 3.63) is 47.5 Å². The maximum atomic E-state index is 12.9. The van der Waals surface area contributed by atoms with Gasteiger partial charge in [0.1, 0.15) is 11.6 Å². The highest BCUT2D eigenvalue weighted by atomic mass is 32.2. The van der Waals surface area contributed by atoms with Gasteiger partial charge < -0.3 is 15.2 Å². The number of carboxylic acids is 1. The van der Waals surface area contributed by atoms with Gasteiger partial charge in [0.05, 0.1) is 12.3 Å². The first-order valence-electron chi connectivity index (χ1n) is 7.70.